The molecule has 0 saturated heterocycles. The van der Waals surface area contributed by atoms with Crippen molar-refractivity contribution in [1.29, 1.82) is 0 Å². The molecule has 4 saturated carbocycles. The zero-order valence-corrected chi connectivity index (χ0v) is 24.3. The molecule has 4 bridgehead atoms. The van der Waals surface area contributed by atoms with Crippen LogP contribution in [0.15, 0.2) is 99.6 Å². The van der Waals surface area contributed by atoms with E-state index in [0.717, 1.165) is 40.4 Å². The van der Waals surface area contributed by atoms with Crippen molar-refractivity contribution in [1.82, 2.24) is 0 Å². The highest BCUT2D eigenvalue weighted by atomic mass is 32.3. The monoisotopic (exact) mass is 540 g/mol. The lowest BCUT2D eigenvalue weighted by molar-refractivity contribution is -0.160. The highest BCUT2D eigenvalue weighted by Gasteiger charge is 2.57. The van der Waals surface area contributed by atoms with E-state index in [2.05, 4.69) is 91.9 Å². The van der Waals surface area contributed by atoms with Crippen LogP contribution < -0.4 is 0 Å². The lowest BCUT2D eigenvalue weighted by atomic mass is 9.49. The molecular formula is C36H44O2S. The van der Waals surface area contributed by atoms with Gasteiger partial charge >= 0.3 is 5.97 Å². The lowest BCUT2D eigenvalue weighted by Crippen LogP contribution is -2.50. The van der Waals surface area contributed by atoms with Crippen molar-refractivity contribution >= 4 is 16.3 Å². The Hall–Kier alpha value is -2.52. The largest absolute Gasteiger partial charge is 0.402 e. The summed E-state index contributed by atoms with van der Waals surface area (Å²) in [6.07, 6.45) is 14.6. The molecular weight excluding hydrogens is 496 g/mol. The third kappa shape index (κ3) is 5.32. The first-order valence-electron chi connectivity index (χ1n) is 15.4. The molecule has 0 heterocycles. The maximum absolute atomic E-state index is 14.5. The van der Waals surface area contributed by atoms with Crippen LogP contribution in [0.4, 0.5) is 0 Å². The van der Waals surface area contributed by atoms with Crippen molar-refractivity contribution in [2.45, 2.75) is 98.7 Å². The molecule has 7 rings (SSSR count). The quantitative estimate of drug-likeness (QED) is 0.226. The zero-order valence-electron chi connectivity index (χ0n) is 23.5. The maximum atomic E-state index is 14.5. The summed E-state index contributed by atoms with van der Waals surface area (Å²) in [4.78, 5) is 17.8. The molecule has 39 heavy (non-hydrogen) atoms. The number of carbonyl (C=O) groups is 1. The van der Waals surface area contributed by atoms with Crippen molar-refractivity contribution in [3.63, 3.8) is 0 Å². The molecule has 2 nitrogen and oxygen atoms in total. The normalized spacial score (nSPS) is 25.9. The Balaban J connectivity index is 1.37. The first-order valence-corrected chi connectivity index (χ1v) is 16.9. The minimum absolute atomic E-state index is 0.0595. The van der Waals surface area contributed by atoms with E-state index < -0.39 is 10.3 Å². The second-order valence-corrected chi connectivity index (χ2v) is 15.3. The van der Waals surface area contributed by atoms with E-state index >= 15 is 0 Å². The van der Waals surface area contributed by atoms with Crippen molar-refractivity contribution < 1.29 is 8.98 Å². The number of benzene rings is 3. The summed E-state index contributed by atoms with van der Waals surface area (Å²) in [6, 6.07) is 30.2. The van der Waals surface area contributed by atoms with Crippen molar-refractivity contribution in [3.05, 3.63) is 90.5 Å². The van der Waals surface area contributed by atoms with Gasteiger partial charge in [-0.1, -0.05) is 81.1 Å². The van der Waals surface area contributed by atoms with Gasteiger partial charge in [-0.15, -0.1) is 0 Å². The average Bonchev–Trinajstić information content (AvgIpc) is 2.96. The molecule has 4 aliphatic rings. The van der Waals surface area contributed by atoms with E-state index in [0.29, 0.717) is 17.8 Å². The summed E-state index contributed by atoms with van der Waals surface area (Å²) in [5.74, 6) is 2.18. The van der Waals surface area contributed by atoms with Crippen molar-refractivity contribution in [3.8, 4) is 0 Å². The van der Waals surface area contributed by atoms with Gasteiger partial charge in [-0.05, 0) is 121 Å². The Bertz CT molecular complexity index is 1160. The molecule has 0 unspecified atom stereocenters. The molecule has 0 aliphatic heterocycles. The van der Waals surface area contributed by atoms with Gasteiger partial charge in [-0.25, -0.2) is 0 Å². The zero-order chi connectivity index (χ0) is 26.7. The van der Waals surface area contributed by atoms with Gasteiger partial charge in [0.15, 0.2) is 0 Å². The smallest absolute Gasteiger partial charge is 0.323 e. The fourth-order valence-electron chi connectivity index (χ4n) is 8.12. The van der Waals surface area contributed by atoms with Gasteiger partial charge in [0.2, 0.25) is 0 Å². The van der Waals surface area contributed by atoms with E-state index in [-0.39, 0.29) is 11.4 Å². The van der Waals surface area contributed by atoms with Gasteiger partial charge < -0.3 is 4.18 Å². The Labute approximate surface area is 237 Å². The molecule has 0 aromatic heterocycles. The third-order valence-electron chi connectivity index (χ3n) is 9.65. The summed E-state index contributed by atoms with van der Waals surface area (Å²) >= 11 is 0. The fourth-order valence-corrected chi connectivity index (χ4v) is 11.2. The van der Waals surface area contributed by atoms with Gasteiger partial charge in [-0.3, -0.25) is 4.79 Å². The topological polar surface area (TPSA) is 26.3 Å². The molecule has 3 aromatic rings. The first kappa shape index (κ1) is 26.7. The van der Waals surface area contributed by atoms with Crippen LogP contribution >= 0.6 is 10.3 Å². The predicted molar refractivity (Wildman–Crippen MR) is 161 cm³/mol. The summed E-state index contributed by atoms with van der Waals surface area (Å²) in [6.45, 7) is 2.27. The minimum Gasteiger partial charge on any atom is -0.402 e. The molecule has 0 spiro atoms. The van der Waals surface area contributed by atoms with Crippen LogP contribution in [0.3, 0.4) is 0 Å². The molecule has 3 aromatic carbocycles. The Morgan fingerprint density at radius 1 is 0.692 bits per heavy atom. The van der Waals surface area contributed by atoms with Gasteiger partial charge in [0, 0.05) is 14.7 Å². The molecule has 0 N–H and O–H groups in total. The Morgan fingerprint density at radius 3 is 1.69 bits per heavy atom. The molecule has 206 valence electrons. The number of unbranched alkanes of at least 4 members (excludes halogenated alkanes) is 4. The van der Waals surface area contributed by atoms with E-state index in [1.165, 1.54) is 56.9 Å². The Morgan fingerprint density at radius 2 is 1.18 bits per heavy atom. The number of hydrogen-bond acceptors (Lipinski definition) is 2. The standard InChI is InChI=1S/C36H44O2S/c1-2-3-4-5-8-13-28-18-20-34(21-19-28)39(32-14-9-6-10-15-32,33-16-11-7-12-17-33)38-35(37)36-25-29-22-30(26-36)24-31(23-29)27-36/h6-7,9-12,14-21,29-31H,2-5,8,13,22-27H2,1H3. The summed E-state index contributed by atoms with van der Waals surface area (Å²) in [5.41, 5.74) is 1.08. The molecule has 4 fully saturated rings. The number of hydrogen-bond donors (Lipinski definition) is 0. The highest BCUT2D eigenvalue weighted by Crippen LogP contribution is 2.71. The molecule has 3 heteroatoms. The fraction of sp³-hybridized carbons (Fsp3) is 0.472. The van der Waals surface area contributed by atoms with E-state index in [1.54, 1.807) is 0 Å². The number of aryl methyl sites for hydroxylation is 1. The Kier molecular flexibility index (Phi) is 7.89. The van der Waals surface area contributed by atoms with Crippen LogP contribution in [0.1, 0.15) is 83.1 Å². The maximum Gasteiger partial charge on any atom is 0.323 e. The first-order chi connectivity index (χ1) is 19.1. The molecule has 4 aliphatic carbocycles. The highest BCUT2D eigenvalue weighted by molar-refractivity contribution is 8.30. The molecule has 0 atom stereocenters. The van der Waals surface area contributed by atoms with Gasteiger partial charge in [-0.2, -0.15) is 0 Å². The van der Waals surface area contributed by atoms with Crippen molar-refractivity contribution in [2.75, 3.05) is 0 Å². The lowest BCUT2D eigenvalue weighted by Gasteiger charge is -2.56. The minimum atomic E-state index is -2.22. The SMILES string of the molecule is CCCCCCCc1ccc(S(OC(=O)C23CC4CC(CC(C4)C2)C3)(c2ccccc2)c2ccccc2)cc1. The van der Waals surface area contributed by atoms with Gasteiger partial charge in [0.05, 0.1) is 5.41 Å². The van der Waals surface area contributed by atoms with Crippen LogP contribution in [0.25, 0.3) is 0 Å². The van der Waals surface area contributed by atoms with Gasteiger partial charge in [0.1, 0.15) is 0 Å². The van der Waals surface area contributed by atoms with Crippen molar-refractivity contribution in [2.24, 2.45) is 23.2 Å². The predicted octanol–water partition coefficient (Wildman–Crippen LogP) is 10.2. The van der Waals surface area contributed by atoms with E-state index in [1.807, 2.05) is 0 Å². The van der Waals surface area contributed by atoms with E-state index in [9.17, 15) is 4.79 Å². The van der Waals surface area contributed by atoms with Crippen LogP contribution in [0.2, 0.25) is 0 Å². The van der Waals surface area contributed by atoms with Crippen LogP contribution in [0, 0.1) is 23.2 Å². The average molecular weight is 541 g/mol. The molecule has 0 radical (unpaired) electrons. The number of rotatable bonds is 11. The summed E-state index contributed by atoms with van der Waals surface area (Å²) in [5, 5.41) is 0. The van der Waals surface area contributed by atoms with Gasteiger partial charge in [0.25, 0.3) is 0 Å². The second kappa shape index (κ2) is 11.5. The summed E-state index contributed by atoms with van der Waals surface area (Å²) < 4.78 is 7.09. The number of carbonyl (C=O) groups excluding carboxylic acids is 1. The summed E-state index contributed by atoms with van der Waals surface area (Å²) in [7, 11) is -2.22. The van der Waals surface area contributed by atoms with Crippen LogP contribution in [-0.4, -0.2) is 5.97 Å². The molecule has 0 amide bonds. The second-order valence-electron chi connectivity index (χ2n) is 12.6. The van der Waals surface area contributed by atoms with Crippen LogP contribution in [-0.2, 0) is 15.4 Å². The third-order valence-corrected chi connectivity index (χ3v) is 12.9. The van der Waals surface area contributed by atoms with E-state index in [4.69, 9.17) is 4.18 Å². The van der Waals surface area contributed by atoms with Crippen LogP contribution in [0.5, 0.6) is 0 Å².